The topological polar surface area (TPSA) is 0 Å². The Kier molecular flexibility index (Phi) is 3.75. The first-order valence-corrected chi connectivity index (χ1v) is 8.52. The van der Waals surface area contributed by atoms with Gasteiger partial charge >= 0.3 is 0 Å². The van der Waals surface area contributed by atoms with Crippen LogP contribution in [0.2, 0.25) is 0 Å². The molecule has 0 heterocycles. The van der Waals surface area contributed by atoms with E-state index in [2.05, 4.69) is 80.1 Å². The number of rotatable bonds is 4. The van der Waals surface area contributed by atoms with Gasteiger partial charge in [0.25, 0.3) is 0 Å². The minimum absolute atomic E-state index is 1.18. The molecule has 0 aliphatic heterocycles. The molecule has 3 aromatic carbocycles. The second kappa shape index (κ2) is 6.04. The van der Waals surface area contributed by atoms with E-state index in [0.717, 1.165) is 0 Å². The Hall–Kier alpha value is -2.34. The van der Waals surface area contributed by atoms with Gasteiger partial charge in [0, 0.05) is 6.42 Å². The van der Waals surface area contributed by atoms with Gasteiger partial charge in [-0.25, -0.2) is 0 Å². The van der Waals surface area contributed by atoms with E-state index < -0.39 is 0 Å². The summed E-state index contributed by atoms with van der Waals surface area (Å²) in [5.41, 5.74) is 6.86. The molecular weight excluding hydrogens is 276 g/mol. The Balaban J connectivity index is 1.77. The van der Waals surface area contributed by atoms with Gasteiger partial charge in [-0.1, -0.05) is 79.6 Å². The van der Waals surface area contributed by atoms with Crippen LogP contribution in [0.25, 0.3) is 28.0 Å². The van der Waals surface area contributed by atoms with Gasteiger partial charge in [0.15, 0.2) is 0 Å². The van der Waals surface area contributed by atoms with E-state index in [4.69, 9.17) is 0 Å². The Morgan fingerprint density at radius 1 is 0.826 bits per heavy atom. The molecule has 0 aromatic heterocycles. The highest BCUT2D eigenvalue weighted by molar-refractivity contribution is 5.90. The summed E-state index contributed by atoms with van der Waals surface area (Å²) < 4.78 is 0. The summed E-state index contributed by atoms with van der Waals surface area (Å²) in [7, 11) is 0. The second-order valence-corrected chi connectivity index (χ2v) is 6.34. The fraction of sp³-hybridized carbons (Fsp3) is 0.174. The lowest BCUT2D eigenvalue weighted by Crippen LogP contribution is -1.86. The van der Waals surface area contributed by atoms with E-state index >= 15 is 0 Å². The lowest BCUT2D eigenvalue weighted by molar-refractivity contribution is 0.797. The van der Waals surface area contributed by atoms with Crippen molar-refractivity contribution in [2.75, 3.05) is 0 Å². The van der Waals surface area contributed by atoms with Crippen molar-refractivity contribution in [2.24, 2.45) is 0 Å². The van der Waals surface area contributed by atoms with Crippen LogP contribution >= 0.6 is 0 Å². The molecule has 3 aromatic rings. The van der Waals surface area contributed by atoms with E-state index in [1.807, 2.05) is 0 Å². The molecule has 0 bridgehead atoms. The van der Waals surface area contributed by atoms with E-state index in [-0.39, 0.29) is 0 Å². The maximum Gasteiger partial charge on any atom is 0.0164 e. The minimum Gasteiger partial charge on any atom is -0.0654 e. The molecule has 0 fully saturated rings. The van der Waals surface area contributed by atoms with Gasteiger partial charge in [-0.2, -0.15) is 0 Å². The third-order valence-corrected chi connectivity index (χ3v) is 4.69. The smallest absolute Gasteiger partial charge is 0.0164 e. The molecule has 113 valence electrons. The first kappa shape index (κ1) is 14.3. The molecular formula is C23H21. The van der Waals surface area contributed by atoms with Crippen molar-refractivity contribution in [3.8, 4) is 11.1 Å². The molecule has 23 heavy (non-hydrogen) atoms. The molecule has 0 N–H and O–H groups in total. The van der Waals surface area contributed by atoms with E-state index in [0.29, 0.717) is 0 Å². The molecule has 0 unspecified atom stereocenters. The first-order valence-electron chi connectivity index (χ1n) is 8.52. The van der Waals surface area contributed by atoms with Crippen LogP contribution in [0, 0.1) is 6.42 Å². The van der Waals surface area contributed by atoms with Gasteiger partial charge in [-0.05, 0) is 51.9 Å². The van der Waals surface area contributed by atoms with Crippen molar-refractivity contribution in [1.82, 2.24) is 0 Å². The highest BCUT2D eigenvalue weighted by Crippen LogP contribution is 2.37. The Labute approximate surface area is 138 Å². The van der Waals surface area contributed by atoms with Crippen LogP contribution in [0.1, 0.15) is 37.3 Å². The zero-order valence-corrected chi connectivity index (χ0v) is 13.5. The summed E-state index contributed by atoms with van der Waals surface area (Å²) in [5, 5.41) is 2.61. The van der Waals surface area contributed by atoms with Gasteiger partial charge in [-0.3, -0.25) is 0 Å². The summed E-state index contributed by atoms with van der Waals surface area (Å²) in [5.74, 6) is 0. The number of unbranched alkanes of at least 4 members (excludes halogenated alkanes) is 1. The third kappa shape index (κ3) is 2.70. The summed E-state index contributed by atoms with van der Waals surface area (Å²) in [6, 6.07) is 22.0. The molecule has 1 radical (unpaired) electrons. The zero-order valence-electron chi connectivity index (χ0n) is 13.5. The van der Waals surface area contributed by atoms with Gasteiger partial charge in [0.1, 0.15) is 0 Å². The molecule has 0 nitrogen and oxygen atoms in total. The molecule has 1 aliphatic rings. The summed E-state index contributed by atoms with van der Waals surface area (Å²) in [6.07, 6.45) is 8.44. The summed E-state index contributed by atoms with van der Waals surface area (Å²) >= 11 is 0. The lowest BCUT2D eigenvalue weighted by Gasteiger charge is -2.09. The predicted octanol–water partition coefficient (Wildman–Crippen LogP) is 6.65. The van der Waals surface area contributed by atoms with Crippen LogP contribution in [-0.4, -0.2) is 0 Å². The third-order valence-electron chi connectivity index (χ3n) is 4.69. The highest BCUT2D eigenvalue weighted by Gasteiger charge is 2.16. The van der Waals surface area contributed by atoms with Crippen molar-refractivity contribution in [1.29, 1.82) is 0 Å². The molecule has 0 heteroatoms. The second-order valence-electron chi connectivity index (χ2n) is 6.34. The maximum absolute atomic E-state index is 2.38. The van der Waals surface area contributed by atoms with Crippen LogP contribution in [0.15, 0.2) is 66.2 Å². The van der Waals surface area contributed by atoms with Crippen LogP contribution in [0.4, 0.5) is 0 Å². The molecule has 0 saturated carbocycles. The summed E-state index contributed by atoms with van der Waals surface area (Å²) in [6.45, 7) is 2.25. The molecule has 0 atom stereocenters. The van der Waals surface area contributed by atoms with Crippen molar-refractivity contribution < 1.29 is 0 Å². The standard InChI is InChI=1S/C23H21/c1-2-3-7-17-14-20-10-6-11-22(23(20)15-17)21-13-12-18-8-4-5-9-19(18)16-21/h4-6,8-16H,2-3,7H2,1H3. The largest absolute Gasteiger partial charge is 0.0654 e. The average Bonchev–Trinajstić information content (AvgIpc) is 3.02. The molecule has 1 aliphatic carbocycles. The predicted molar refractivity (Wildman–Crippen MR) is 100 cm³/mol. The van der Waals surface area contributed by atoms with E-state index in [9.17, 15) is 0 Å². The first-order chi connectivity index (χ1) is 11.3. The number of hydrogen-bond donors (Lipinski definition) is 0. The number of allylic oxidation sites excluding steroid dienone is 1. The van der Waals surface area contributed by atoms with Gasteiger partial charge < -0.3 is 0 Å². The van der Waals surface area contributed by atoms with Crippen molar-refractivity contribution in [3.05, 3.63) is 83.8 Å². The van der Waals surface area contributed by atoms with Crippen molar-refractivity contribution in [2.45, 2.75) is 26.2 Å². The minimum atomic E-state index is 1.18. The van der Waals surface area contributed by atoms with Gasteiger partial charge in [0.05, 0.1) is 0 Å². The lowest BCUT2D eigenvalue weighted by atomic mass is 9.95. The monoisotopic (exact) mass is 297 g/mol. The molecule has 0 amide bonds. The fourth-order valence-electron chi connectivity index (χ4n) is 3.43. The Bertz CT molecular complexity index is 883. The summed E-state index contributed by atoms with van der Waals surface area (Å²) in [4.78, 5) is 0. The van der Waals surface area contributed by atoms with Gasteiger partial charge in [-0.15, -0.1) is 0 Å². The SMILES string of the molecule is CCCCC1=Cc2c(cccc2-c2ccc3ccccc3c2)[CH]1. The Morgan fingerprint density at radius 2 is 1.70 bits per heavy atom. The normalized spacial score (nSPS) is 13.2. The average molecular weight is 297 g/mol. The Morgan fingerprint density at radius 3 is 2.57 bits per heavy atom. The van der Waals surface area contributed by atoms with Crippen LogP contribution in [0.5, 0.6) is 0 Å². The fourth-order valence-corrected chi connectivity index (χ4v) is 3.43. The highest BCUT2D eigenvalue weighted by atomic mass is 14.2. The van der Waals surface area contributed by atoms with Crippen molar-refractivity contribution >= 4 is 16.8 Å². The van der Waals surface area contributed by atoms with Crippen molar-refractivity contribution in [3.63, 3.8) is 0 Å². The maximum atomic E-state index is 2.38. The number of hydrogen-bond acceptors (Lipinski definition) is 0. The van der Waals surface area contributed by atoms with Crippen LogP contribution in [-0.2, 0) is 0 Å². The molecule has 0 spiro atoms. The number of fused-ring (bicyclic) bond motifs is 2. The quantitative estimate of drug-likeness (QED) is 0.506. The molecule has 4 rings (SSSR count). The zero-order chi connectivity index (χ0) is 15.6. The number of benzene rings is 3. The van der Waals surface area contributed by atoms with E-state index in [1.54, 1.807) is 0 Å². The van der Waals surface area contributed by atoms with E-state index in [1.165, 1.54) is 57.9 Å². The van der Waals surface area contributed by atoms with Crippen LogP contribution < -0.4 is 0 Å². The van der Waals surface area contributed by atoms with Gasteiger partial charge in [0.2, 0.25) is 0 Å². The van der Waals surface area contributed by atoms with Crippen LogP contribution in [0.3, 0.4) is 0 Å². The molecule has 0 saturated heterocycles.